The Labute approximate surface area is 161 Å². The fourth-order valence-electron chi connectivity index (χ4n) is 3.89. The first-order chi connectivity index (χ1) is 13.4. The molecule has 0 radical (unpaired) electrons. The number of hydrogen-bond acceptors (Lipinski definition) is 5. The van der Waals surface area contributed by atoms with Gasteiger partial charge in [0.1, 0.15) is 17.9 Å². The van der Waals surface area contributed by atoms with Gasteiger partial charge in [-0.15, -0.1) is 0 Å². The number of ether oxygens (including phenoxy) is 1. The van der Waals surface area contributed by atoms with Crippen LogP contribution in [-0.2, 0) is 4.79 Å². The van der Waals surface area contributed by atoms with Gasteiger partial charge in [-0.3, -0.25) is 14.7 Å². The smallest absolute Gasteiger partial charge is 0.268 e. The van der Waals surface area contributed by atoms with Crippen molar-refractivity contribution in [3.63, 3.8) is 0 Å². The van der Waals surface area contributed by atoms with Crippen molar-refractivity contribution in [2.45, 2.75) is 30.9 Å². The molecule has 8 heteroatoms. The van der Waals surface area contributed by atoms with E-state index in [0.29, 0.717) is 13.1 Å². The molecule has 2 saturated heterocycles. The Balaban J connectivity index is 1.37. The summed E-state index contributed by atoms with van der Waals surface area (Å²) in [5.41, 5.74) is 0. The maximum atomic E-state index is 13.6. The van der Waals surface area contributed by atoms with Gasteiger partial charge in [-0.05, 0) is 18.6 Å². The number of aromatic nitrogens is 1. The molecule has 146 valence electrons. The number of halogens is 2. The van der Waals surface area contributed by atoms with Gasteiger partial charge in [0, 0.05) is 42.7 Å². The van der Waals surface area contributed by atoms with E-state index in [9.17, 15) is 13.6 Å². The Morgan fingerprint density at radius 1 is 1.39 bits per heavy atom. The zero-order chi connectivity index (χ0) is 19.7. The van der Waals surface area contributed by atoms with Gasteiger partial charge in [0.15, 0.2) is 0 Å². The molecule has 1 amide bonds. The summed E-state index contributed by atoms with van der Waals surface area (Å²) in [7, 11) is 0. The number of fused-ring (bicyclic) bond motifs is 1. The Kier molecular flexibility index (Phi) is 4.85. The van der Waals surface area contributed by atoms with Crippen molar-refractivity contribution in [2.24, 2.45) is 0 Å². The topological polar surface area (TPSA) is 69.5 Å². The highest BCUT2D eigenvalue weighted by molar-refractivity contribution is 5.87. The second-order valence-electron chi connectivity index (χ2n) is 7.34. The lowest BCUT2D eigenvalue weighted by Gasteiger charge is -2.23. The second kappa shape index (κ2) is 7.32. The first-order valence-corrected chi connectivity index (χ1v) is 9.24. The molecule has 0 aliphatic carbocycles. The van der Waals surface area contributed by atoms with E-state index in [4.69, 9.17) is 10.00 Å². The average molecular weight is 386 g/mol. The molecule has 3 heterocycles. The standard InChI is InChI=1S/C20H20F2N4O2/c21-20(22)8-15(9-23)26(13-20)19(27)12-25-7-5-16(11-25)28-18-3-1-2-14-10-24-6-4-17(14)18/h1-4,6,10,15-16H,5,7-8,11-13H2. The molecular weight excluding hydrogens is 366 g/mol. The molecule has 2 aliphatic rings. The molecule has 2 aromatic rings. The number of alkyl halides is 2. The van der Waals surface area contributed by atoms with Crippen LogP contribution >= 0.6 is 0 Å². The molecule has 1 aromatic heterocycles. The van der Waals surface area contributed by atoms with Crippen LogP contribution in [0.2, 0.25) is 0 Å². The van der Waals surface area contributed by atoms with Gasteiger partial charge in [-0.2, -0.15) is 5.26 Å². The van der Waals surface area contributed by atoms with Crippen molar-refractivity contribution >= 4 is 16.7 Å². The molecule has 6 nitrogen and oxygen atoms in total. The number of carbonyl (C=O) groups excluding carboxylic acids is 1. The highest BCUT2D eigenvalue weighted by atomic mass is 19.3. The van der Waals surface area contributed by atoms with E-state index in [2.05, 4.69) is 4.98 Å². The second-order valence-corrected chi connectivity index (χ2v) is 7.34. The van der Waals surface area contributed by atoms with Crippen LogP contribution in [0.1, 0.15) is 12.8 Å². The quantitative estimate of drug-likeness (QED) is 0.807. The minimum absolute atomic E-state index is 0.0214. The van der Waals surface area contributed by atoms with Crippen LogP contribution < -0.4 is 4.74 Å². The van der Waals surface area contributed by atoms with Crippen LogP contribution in [-0.4, -0.2) is 64.9 Å². The zero-order valence-electron chi connectivity index (χ0n) is 15.2. The van der Waals surface area contributed by atoms with Crippen molar-refractivity contribution in [2.75, 3.05) is 26.2 Å². The summed E-state index contributed by atoms with van der Waals surface area (Å²) in [5.74, 6) is -2.65. The van der Waals surface area contributed by atoms with E-state index in [1.54, 1.807) is 12.4 Å². The lowest BCUT2D eigenvalue weighted by molar-refractivity contribution is -0.133. The Hall–Kier alpha value is -2.79. The van der Waals surface area contributed by atoms with E-state index >= 15 is 0 Å². The number of carbonyl (C=O) groups is 1. The van der Waals surface area contributed by atoms with Gasteiger partial charge in [-0.25, -0.2) is 8.78 Å². The SMILES string of the molecule is N#CC1CC(F)(F)CN1C(=O)CN1CCC(Oc2cccc3cnccc23)C1. The number of nitrogens with zero attached hydrogens (tertiary/aromatic N) is 4. The minimum atomic E-state index is -2.99. The monoisotopic (exact) mass is 386 g/mol. The number of likely N-dealkylation sites (tertiary alicyclic amines) is 2. The van der Waals surface area contributed by atoms with Gasteiger partial charge < -0.3 is 9.64 Å². The highest BCUT2D eigenvalue weighted by Crippen LogP contribution is 2.32. The maximum Gasteiger partial charge on any atom is 0.268 e. The summed E-state index contributed by atoms with van der Waals surface area (Å²) in [5, 5.41) is 11.0. The maximum absolute atomic E-state index is 13.6. The summed E-state index contributed by atoms with van der Waals surface area (Å²) in [4.78, 5) is 19.5. The molecule has 0 N–H and O–H groups in total. The first kappa shape index (κ1) is 18.6. The van der Waals surface area contributed by atoms with Crippen LogP contribution in [0.25, 0.3) is 10.8 Å². The van der Waals surface area contributed by atoms with Crippen molar-refractivity contribution < 1.29 is 18.3 Å². The van der Waals surface area contributed by atoms with Crippen LogP contribution in [0, 0.1) is 11.3 Å². The molecule has 1 aromatic carbocycles. The summed E-state index contributed by atoms with van der Waals surface area (Å²) in [6.45, 7) is 0.522. The molecule has 0 spiro atoms. The minimum Gasteiger partial charge on any atom is -0.488 e. The van der Waals surface area contributed by atoms with Crippen LogP contribution in [0.4, 0.5) is 8.78 Å². The van der Waals surface area contributed by atoms with Gasteiger partial charge in [0.05, 0.1) is 19.2 Å². The van der Waals surface area contributed by atoms with Gasteiger partial charge >= 0.3 is 0 Å². The summed E-state index contributed by atoms with van der Waals surface area (Å²) >= 11 is 0. The van der Waals surface area contributed by atoms with E-state index in [1.807, 2.05) is 35.2 Å². The lowest BCUT2D eigenvalue weighted by atomic mass is 10.1. The highest BCUT2D eigenvalue weighted by Gasteiger charge is 2.47. The predicted molar refractivity (Wildman–Crippen MR) is 97.9 cm³/mol. The first-order valence-electron chi connectivity index (χ1n) is 9.24. The summed E-state index contributed by atoms with van der Waals surface area (Å²) in [6.07, 6.45) is 3.56. The van der Waals surface area contributed by atoms with Crippen molar-refractivity contribution in [3.8, 4) is 11.8 Å². The largest absolute Gasteiger partial charge is 0.488 e. The normalized spacial score (nSPS) is 24.4. The average Bonchev–Trinajstić information content (AvgIpc) is 3.25. The zero-order valence-corrected chi connectivity index (χ0v) is 15.2. The van der Waals surface area contributed by atoms with Crippen LogP contribution in [0.15, 0.2) is 36.7 Å². The lowest BCUT2D eigenvalue weighted by Crippen LogP contribution is -2.42. The fourth-order valence-corrected chi connectivity index (χ4v) is 3.89. The van der Waals surface area contributed by atoms with Gasteiger partial charge in [0.25, 0.3) is 5.92 Å². The summed E-state index contributed by atoms with van der Waals surface area (Å²) in [6, 6.07) is 8.43. The molecule has 0 saturated carbocycles. The molecule has 28 heavy (non-hydrogen) atoms. The summed E-state index contributed by atoms with van der Waals surface area (Å²) < 4.78 is 33.2. The Morgan fingerprint density at radius 3 is 3.07 bits per heavy atom. The number of rotatable bonds is 4. The predicted octanol–water partition coefficient (Wildman–Crippen LogP) is 2.45. The third-order valence-corrected chi connectivity index (χ3v) is 5.26. The number of pyridine rings is 1. The Bertz CT molecular complexity index is 925. The van der Waals surface area contributed by atoms with E-state index in [-0.39, 0.29) is 12.6 Å². The number of nitriles is 1. The van der Waals surface area contributed by atoms with Crippen molar-refractivity contribution in [1.29, 1.82) is 5.26 Å². The number of benzene rings is 1. The molecule has 2 unspecified atom stereocenters. The Morgan fingerprint density at radius 2 is 2.25 bits per heavy atom. The molecule has 2 atom stereocenters. The van der Waals surface area contributed by atoms with E-state index < -0.39 is 30.8 Å². The third kappa shape index (κ3) is 3.76. The number of amides is 1. The molecule has 2 fully saturated rings. The molecule has 2 aliphatic heterocycles. The van der Waals surface area contributed by atoms with Crippen LogP contribution in [0.3, 0.4) is 0 Å². The third-order valence-electron chi connectivity index (χ3n) is 5.26. The number of hydrogen-bond donors (Lipinski definition) is 0. The van der Waals surface area contributed by atoms with Crippen molar-refractivity contribution in [1.82, 2.24) is 14.8 Å². The molecule has 4 rings (SSSR count). The van der Waals surface area contributed by atoms with E-state index in [1.165, 1.54) is 0 Å². The molecule has 0 bridgehead atoms. The fraction of sp³-hybridized carbons (Fsp3) is 0.450. The van der Waals surface area contributed by atoms with Gasteiger partial charge in [0.2, 0.25) is 5.91 Å². The van der Waals surface area contributed by atoms with Gasteiger partial charge in [-0.1, -0.05) is 12.1 Å². The van der Waals surface area contributed by atoms with Crippen LogP contribution in [0.5, 0.6) is 5.75 Å². The van der Waals surface area contributed by atoms with Crippen molar-refractivity contribution in [3.05, 3.63) is 36.7 Å². The van der Waals surface area contributed by atoms with E-state index in [0.717, 1.165) is 27.8 Å². The molecular formula is C20H20F2N4O2.